The molecule has 46 heavy (non-hydrogen) atoms. The molecule has 9 nitrogen and oxygen atoms in total. The van der Waals surface area contributed by atoms with Crippen molar-refractivity contribution in [2.24, 2.45) is 0 Å². The number of hydrogen-bond acceptors (Lipinski definition) is 6. The summed E-state index contributed by atoms with van der Waals surface area (Å²) in [5, 5.41) is 13.0. The third-order valence-electron chi connectivity index (χ3n) is 8.52. The number of carbonyl (C=O) groups is 3. The van der Waals surface area contributed by atoms with Crippen LogP contribution in [0.15, 0.2) is 78.9 Å². The first-order valence-corrected chi connectivity index (χ1v) is 16.1. The molecule has 0 saturated heterocycles. The minimum atomic E-state index is -1.14. The van der Waals surface area contributed by atoms with Crippen molar-refractivity contribution in [3.8, 4) is 11.5 Å². The number of rotatable bonds is 5. The lowest BCUT2D eigenvalue weighted by atomic mass is 9.93. The second kappa shape index (κ2) is 15.8. The van der Waals surface area contributed by atoms with Gasteiger partial charge in [-0.3, -0.25) is 14.4 Å². The monoisotopic (exact) mass is 644 g/mol. The van der Waals surface area contributed by atoms with E-state index in [-0.39, 0.29) is 30.7 Å². The predicted octanol–water partition coefficient (Wildman–Crippen LogP) is 4.23. The number of benzene rings is 3. The van der Waals surface area contributed by atoms with Crippen LogP contribution in [0.25, 0.3) is 6.08 Å². The molecule has 1 saturated carbocycles. The van der Waals surface area contributed by atoms with Crippen LogP contribution in [0.4, 0.5) is 0 Å². The molecule has 1 aliphatic heterocycles. The van der Waals surface area contributed by atoms with Crippen molar-refractivity contribution in [3.05, 3.63) is 101 Å². The Bertz CT molecular complexity index is 1540. The van der Waals surface area contributed by atoms with Crippen LogP contribution in [0.5, 0.6) is 11.5 Å². The summed E-state index contributed by atoms with van der Waals surface area (Å²) in [5.74, 6) is 0.381. The van der Waals surface area contributed by atoms with Crippen molar-refractivity contribution >= 4 is 35.4 Å². The van der Waals surface area contributed by atoms with Gasteiger partial charge in [-0.05, 0) is 48.2 Å². The highest BCUT2D eigenvalue weighted by Crippen LogP contribution is 2.31. The SMILES string of the molecule is COc1ccccc1C[C@@H]1NCCOc2ccccc2/C=C\CNC(=O)[C@H](Cc2ccc(Cl)cc2)NC(=O)C2(CCCC2)NC1=O. The minimum absolute atomic E-state index is 0.258. The number of para-hydroxylation sites is 2. The first kappa shape index (κ1) is 33.0. The summed E-state index contributed by atoms with van der Waals surface area (Å²) < 4.78 is 11.7. The van der Waals surface area contributed by atoms with Crippen LogP contribution < -0.4 is 30.7 Å². The van der Waals surface area contributed by atoms with E-state index in [9.17, 15) is 14.4 Å². The molecule has 0 aromatic heterocycles. The lowest BCUT2D eigenvalue weighted by Crippen LogP contribution is -2.63. The number of amides is 3. The number of carbonyl (C=O) groups excluding carboxylic acids is 3. The van der Waals surface area contributed by atoms with Gasteiger partial charge in [0.1, 0.15) is 29.7 Å². The van der Waals surface area contributed by atoms with Gasteiger partial charge in [0.2, 0.25) is 17.7 Å². The molecule has 0 unspecified atom stereocenters. The molecule has 3 aromatic rings. The summed E-state index contributed by atoms with van der Waals surface area (Å²) in [7, 11) is 1.60. The van der Waals surface area contributed by atoms with E-state index in [0.29, 0.717) is 48.9 Å². The summed E-state index contributed by atoms with van der Waals surface area (Å²) in [5.41, 5.74) is 1.42. The van der Waals surface area contributed by atoms with Crippen molar-refractivity contribution in [2.75, 3.05) is 26.8 Å². The number of fused-ring (bicyclic) bond motifs is 1. The smallest absolute Gasteiger partial charge is 0.246 e. The third kappa shape index (κ3) is 8.47. The molecule has 2 atom stereocenters. The lowest BCUT2D eigenvalue weighted by molar-refractivity contribution is -0.136. The summed E-state index contributed by atoms with van der Waals surface area (Å²) >= 11 is 6.10. The van der Waals surface area contributed by atoms with Crippen LogP contribution in [-0.4, -0.2) is 62.2 Å². The second-order valence-electron chi connectivity index (χ2n) is 11.7. The molecule has 1 fully saturated rings. The van der Waals surface area contributed by atoms with Gasteiger partial charge in [-0.15, -0.1) is 0 Å². The van der Waals surface area contributed by atoms with Gasteiger partial charge in [0.05, 0.1) is 13.2 Å². The number of ether oxygens (including phenoxy) is 2. The Kier molecular flexibility index (Phi) is 11.3. The summed E-state index contributed by atoms with van der Waals surface area (Å²) in [6.07, 6.45) is 6.86. The highest BCUT2D eigenvalue weighted by atomic mass is 35.5. The standard InChI is InChI=1S/C36H41ClN4O5/c1-45-31-12-4-3-10-27(31)24-29-34(43)41-36(18-6-7-19-36)35(44)40-30(23-25-14-16-28(37)17-15-25)33(42)39-20-8-11-26-9-2-5-13-32(26)46-22-21-38-29/h2-5,8-17,29-30,38H,6-7,18-24H2,1H3,(H,39,42)(H,40,44)(H,41,43)/b11-8-/t29-,30-/m0/s1. The molecule has 0 radical (unpaired) electrons. The Morgan fingerprint density at radius 2 is 1.63 bits per heavy atom. The van der Waals surface area contributed by atoms with Crippen molar-refractivity contribution < 1.29 is 23.9 Å². The summed E-state index contributed by atoms with van der Waals surface area (Å²) in [4.78, 5) is 41.7. The fourth-order valence-electron chi connectivity index (χ4n) is 6.03. The maximum atomic E-state index is 14.1. The summed E-state index contributed by atoms with van der Waals surface area (Å²) in [6.45, 7) is 0.965. The Labute approximate surface area is 275 Å². The zero-order valence-corrected chi connectivity index (χ0v) is 26.8. The molecule has 3 amide bonds. The van der Waals surface area contributed by atoms with Crippen LogP contribution in [-0.2, 0) is 27.2 Å². The molecule has 1 aliphatic carbocycles. The Hall–Kier alpha value is -4.34. The van der Waals surface area contributed by atoms with Gasteiger partial charge < -0.3 is 30.7 Å². The topological polar surface area (TPSA) is 118 Å². The minimum Gasteiger partial charge on any atom is -0.496 e. The predicted molar refractivity (Wildman–Crippen MR) is 179 cm³/mol. The molecule has 2 aliphatic rings. The Morgan fingerprint density at radius 1 is 0.891 bits per heavy atom. The van der Waals surface area contributed by atoms with Gasteiger partial charge in [0.25, 0.3) is 0 Å². The molecular formula is C36H41ClN4O5. The van der Waals surface area contributed by atoms with Gasteiger partial charge in [-0.25, -0.2) is 0 Å². The molecule has 5 rings (SSSR count). The van der Waals surface area contributed by atoms with Crippen molar-refractivity contribution in [3.63, 3.8) is 0 Å². The van der Waals surface area contributed by atoms with Gasteiger partial charge in [-0.2, -0.15) is 0 Å². The highest BCUT2D eigenvalue weighted by molar-refractivity contribution is 6.30. The summed E-state index contributed by atoms with van der Waals surface area (Å²) in [6, 6.07) is 20.9. The zero-order valence-electron chi connectivity index (χ0n) is 26.0. The van der Waals surface area contributed by atoms with E-state index < -0.39 is 17.6 Å². The second-order valence-corrected chi connectivity index (χ2v) is 12.1. The molecule has 1 spiro atoms. The Balaban J connectivity index is 1.45. The fourth-order valence-corrected chi connectivity index (χ4v) is 6.16. The number of hydrogen-bond donors (Lipinski definition) is 4. The molecule has 0 bridgehead atoms. The van der Waals surface area contributed by atoms with Crippen molar-refractivity contribution in [1.29, 1.82) is 0 Å². The third-order valence-corrected chi connectivity index (χ3v) is 8.78. The maximum Gasteiger partial charge on any atom is 0.246 e. The van der Waals surface area contributed by atoms with Crippen LogP contribution in [0, 0.1) is 0 Å². The van der Waals surface area contributed by atoms with E-state index in [1.54, 1.807) is 19.2 Å². The van der Waals surface area contributed by atoms with E-state index in [4.69, 9.17) is 21.1 Å². The molecular weight excluding hydrogens is 604 g/mol. The van der Waals surface area contributed by atoms with Crippen molar-refractivity contribution in [1.82, 2.24) is 21.3 Å². The van der Waals surface area contributed by atoms with E-state index in [1.807, 2.05) is 72.8 Å². The number of halogens is 1. The van der Waals surface area contributed by atoms with E-state index in [0.717, 1.165) is 29.5 Å². The average molecular weight is 645 g/mol. The quantitative estimate of drug-likeness (QED) is 0.330. The van der Waals surface area contributed by atoms with Gasteiger partial charge in [0.15, 0.2) is 0 Å². The van der Waals surface area contributed by atoms with E-state index in [2.05, 4.69) is 21.3 Å². The molecule has 10 heteroatoms. The van der Waals surface area contributed by atoms with Crippen LogP contribution in [0.2, 0.25) is 5.02 Å². The first-order chi connectivity index (χ1) is 22.4. The zero-order chi connectivity index (χ0) is 32.4. The van der Waals surface area contributed by atoms with Gasteiger partial charge >= 0.3 is 0 Å². The number of nitrogens with one attached hydrogen (secondary N) is 4. The van der Waals surface area contributed by atoms with Gasteiger partial charge in [-0.1, -0.05) is 85.1 Å². The lowest BCUT2D eigenvalue weighted by Gasteiger charge is -2.33. The highest BCUT2D eigenvalue weighted by Gasteiger charge is 2.44. The first-order valence-electron chi connectivity index (χ1n) is 15.8. The molecule has 1 heterocycles. The molecule has 242 valence electrons. The Morgan fingerprint density at radius 3 is 2.41 bits per heavy atom. The average Bonchev–Trinajstić information content (AvgIpc) is 3.55. The molecule has 4 N–H and O–H groups in total. The fraction of sp³-hybridized carbons (Fsp3) is 0.361. The maximum absolute atomic E-state index is 14.1. The van der Waals surface area contributed by atoms with E-state index in [1.165, 1.54) is 0 Å². The van der Waals surface area contributed by atoms with Crippen LogP contribution >= 0.6 is 11.6 Å². The van der Waals surface area contributed by atoms with Crippen LogP contribution in [0.1, 0.15) is 42.4 Å². The molecule has 3 aromatic carbocycles. The van der Waals surface area contributed by atoms with Gasteiger partial charge in [0, 0.05) is 36.5 Å². The van der Waals surface area contributed by atoms with E-state index >= 15 is 0 Å². The largest absolute Gasteiger partial charge is 0.496 e. The number of methoxy groups -OCH3 is 1. The van der Waals surface area contributed by atoms with Crippen LogP contribution in [0.3, 0.4) is 0 Å². The normalized spacial score (nSPS) is 21.5. The van der Waals surface area contributed by atoms with Crippen molar-refractivity contribution in [2.45, 2.75) is 56.1 Å².